The highest BCUT2D eigenvalue weighted by Gasteiger charge is 2.29. The van der Waals surface area contributed by atoms with Gasteiger partial charge in [0.2, 0.25) is 5.91 Å². The Morgan fingerprint density at radius 1 is 1.08 bits per heavy atom. The van der Waals surface area contributed by atoms with Crippen LogP contribution in [-0.2, 0) is 26.3 Å². The molecule has 0 atom stereocenters. The lowest BCUT2D eigenvalue weighted by Crippen LogP contribution is -2.42. The van der Waals surface area contributed by atoms with Crippen LogP contribution in [0.25, 0.3) is 22.2 Å². The maximum Gasteiger partial charge on any atom is 0.303 e. The van der Waals surface area contributed by atoms with Crippen LogP contribution in [-0.4, -0.2) is 74.4 Å². The molecule has 0 bridgehead atoms. The lowest BCUT2D eigenvalue weighted by Gasteiger charge is -2.27. The van der Waals surface area contributed by atoms with Crippen LogP contribution in [0.2, 0.25) is 0 Å². The van der Waals surface area contributed by atoms with Crippen LogP contribution < -0.4 is 4.72 Å². The van der Waals surface area contributed by atoms with Crippen molar-refractivity contribution in [3.8, 4) is 11.3 Å². The number of morpholine rings is 1. The standard InChI is InChI=1S/C27H34N4O6S/c1-29(2)38(34,35)28-27(33)20-8-9-22-23(16-20)31(17-24(32)30-11-14-36-15-12-30)26(21-10-13-37-18-21)25(22)19-6-4-3-5-7-19/h8-10,13,16,18-19H,3-7,11-12,14-15,17H2,1-2H3,(H,28,33). The van der Waals surface area contributed by atoms with Crippen molar-refractivity contribution in [2.75, 3.05) is 40.4 Å². The summed E-state index contributed by atoms with van der Waals surface area (Å²) in [5, 5.41) is 0.967. The lowest BCUT2D eigenvalue weighted by molar-refractivity contribution is -0.135. The SMILES string of the molecule is CN(C)S(=O)(=O)NC(=O)c1ccc2c(C3CCCCC3)c(-c3ccoc3)n(CC(=O)N3CCOCC3)c2c1. The van der Waals surface area contributed by atoms with Crippen LogP contribution in [0.5, 0.6) is 0 Å². The van der Waals surface area contributed by atoms with Crippen LogP contribution in [0.1, 0.15) is 53.9 Å². The van der Waals surface area contributed by atoms with Gasteiger partial charge in [-0.05, 0) is 42.5 Å². The number of carbonyl (C=O) groups is 2. The normalized spacial score (nSPS) is 17.3. The number of furan rings is 1. The number of benzene rings is 1. The fourth-order valence-corrected chi connectivity index (χ4v) is 6.05. The summed E-state index contributed by atoms with van der Waals surface area (Å²) in [5.74, 6) is -0.447. The molecule has 1 saturated heterocycles. The number of ether oxygens (including phenoxy) is 1. The second kappa shape index (κ2) is 10.9. The van der Waals surface area contributed by atoms with E-state index < -0.39 is 16.1 Å². The van der Waals surface area contributed by atoms with Crippen molar-refractivity contribution in [1.82, 2.24) is 18.5 Å². The van der Waals surface area contributed by atoms with E-state index in [-0.39, 0.29) is 18.0 Å². The van der Waals surface area contributed by atoms with Gasteiger partial charge < -0.3 is 18.6 Å². The van der Waals surface area contributed by atoms with Gasteiger partial charge in [-0.25, -0.2) is 4.72 Å². The lowest BCUT2D eigenvalue weighted by atomic mass is 9.82. The molecular formula is C27H34N4O6S. The van der Waals surface area contributed by atoms with Crippen molar-refractivity contribution in [3.63, 3.8) is 0 Å². The van der Waals surface area contributed by atoms with E-state index in [1.165, 1.54) is 20.5 Å². The van der Waals surface area contributed by atoms with Crippen LogP contribution in [0, 0.1) is 0 Å². The number of nitrogens with one attached hydrogen (secondary N) is 1. The molecule has 204 valence electrons. The number of nitrogens with zero attached hydrogens (tertiary/aromatic N) is 3. The summed E-state index contributed by atoms with van der Waals surface area (Å²) in [6.45, 7) is 2.16. The third-order valence-corrected chi connectivity index (χ3v) is 8.94. The molecule has 1 N–H and O–H groups in total. The maximum atomic E-state index is 13.5. The first kappa shape index (κ1) is 26.5. The third-order valence-electron chi connectivity index (χ3n) is 7.53. The summed E-state index contributed by atoms with van der Waals surface area (Å²) >= 11 is 0. The molecule has 38 heavy (non-hydrogen) atoms. The van der Waals surface area contributed by atoms with Crippen LogP contribution >= 0.6 is 0 Å². The quantitative estimate of drug-likeness (QED) is 0.490. The minimum absolute atomic E-state index is 0.0322. The van der Waals surface area contributed by atoms with Gasteiger partial charge in [-0.1, -0.05) is 25.3 Å². The minimum Gasteiger partial charge on any atom is -0.472 e. The Morgan fingerprint density at radius 2 is 1.82 bits per heavy atom. The highest BCUT2D eigenvalue weighted by molar-refractivity contribution is 7.87. The summed E-state index contributed by atoms with van der Waals surface area (Å²) in [6.07, 6.45) is 8.88. The first-order valence-corrected chi connectivity index (χ1v) is 14.5. The van der Waals surface area contributed by atoms with E-state index in [2.05, 4.69) is 4.72 Å². The summed E-state index contributed by atoms with van der Waals surface area (Å²) in [5.41, 5.74) is 3.87. The predicted molar refractivity (Wildman–Crippen MR) is 143 cm³/mol. The van der Waals surface area contributed by atoms with E-state index in [0.717, 1.165) is 57.7 Å². The number of carbonyl (C=O) groups excluding carboxylic acids is 2. The van der Waals surface area contributed by atoms with Gasteiger partial charge in [-0.2, -0.15) is 12.7 Å². The number of hydrogen-bond donors (Lipinski definition) is 1. The maximum absolute atomic E-state index is 13.5. The van der Waals surface area contributed by atoms with Crippen molar-refractivity contribution < 1.29 is 27.2 Å². The van der Waals surface area contributed by atoms with Crippen molar-refractivity contribution in [1.29, 1.82) is 0 Å². The second-order valence-corrected chi connectivity index (χ2v) is 12.0. The highest BCUT2D eigenvalue weighted by atomic mass is 32.2. The third kappa shape index (κ3) is 5.23. The molecular weight excluding hydrogens is 508 g/mol. The Hall–Kier alpha value is -3.15. The summed E-state index contributed by atoms with van der Waals surface area (Å²) in [6, 6.07) is 7.13. The summed E-state index contributed by atoms with van der Waals surface area (Å²) in [7, 11) is -1.24. The van der Waals surface area contributed by atoms with Gasteiger partial charge in [0, 0.05) is 43.7 Å². The molecule has 1 aromatic carbocycles. The van der Waals surface area contributed by atoms with Gasteiger partial charge in [0.15, 0.2) is 0 Å². The van der Waals surface area contributed by atoms with Crippen molar-refractivity contribution >= 4 is 32.9 Å². The molecule has 2 fully saturated rings. The van der Waals surface area contributed by atoms with Gasteiger partial charge in [0.05, 0.1) is 37.0 Å². The van der Waals surface area contributed by atoms with Gasteiger partial charge >= 0.3 is 10.2 Å². The smallest absolute Gasteiger partial charge is 0.303 e. The molecule has 11 heteroatoms. The number of amides is 2. The fourth-order valence-electron chi connectivity index (χ4n) is 5.51. The molecule has 0 unspecified atom stereocenters. The Balaban J connectivity index is 1.66. The number of aromatic nitrogens is 1. The monoisotopic (exact) mass is 542 g/mol. The molecule has 0 spiro atoms. The van der Waals surface area contributed by atoms with E-state index in [4.69, 9.17) is 9.15 Å². The zero-order valence-corrected chi connectivity index (χ0v) is 22.6. The highest BCUT2D eigenvalue weighted by Crippen LogP contribution is 2.44. The van der Waals surface area contributed by atoms with Gasteiger partial charge in [-0.3, -0.25) is 9.59 Å². The topological polar surface area (TPSA) is 114 Å². The number of hydrogen-bond acceptors (Lipinski definition) is 6. The Labute approximate surface area is 222 Å². The van der Waals surface area contributed by atoms with Crippen molar-refractivity contribution in [3.05, 3.63) is 47.9 Å². The van der Waals surface area contributed by atoms with Crippen LogP contribution in [0.4, 0.5) is 0 Å². The Bertz CT molecular complexity index is 1420. The van der Waals surface area contributed by atoms with Crippen LogP contribution in [0.15, 0.2) is 41.2 Å². The number of rotatable bonds is 7. The van der Waals surface area contributed by atoms with Gasteiger partial charge in [0.1, 0.15) is 6.54 Å². The van der Waals surface area contributed by atoms with Crippen LogP contribution in [0.3, 0.4) is 0 Å². The van der Waals surface area contributed by atoms with Gasteiger partial charge in [-0.15, -0.1) is 0 Å². The molecule has 1 aliphatic heterocycles. The number of fused-ring (bicyclic) bond motifs is 1. The molecule has 1 saturated carbocycles. The Morgan fingerprint density at radius 3 is 2.47 bits per heavy atom. The van der Waals surface area contributed by atoms with E-state index in [1.54, 1.807) is 29.6 Å². The molecule has 10 nitrogen and oxygen atoms in total. The predicted octanol–water partition coefficient (Wildman–Crippen LogP) is 3.34. The zero-order valence-electron chi connectivity index (χ0n) is 21.8. The molecule has 2 amide bonds. The molecule has 5 rings (SSSR count). The molecule has 3 heterocycles. The Kier molecular flexibility index (Phi) is 7.60. The average molecular weight is 543 g/mol. The van der Waals surface area contributed by atoms with E-state index in [0.29, 0.717) is 32.2 Å². The summed E-state index contributed by atoms with van der Waals surface area (Å²) in [4.78, 5) is 28.2. The average Bonchev–Trinajstić information content (AvgIpc) is 3.55. The molecule has 1 aliphatic carbocycles. The molecule has 2 aliphatic rings. The first-order valence-electron chi connectivity index (χ1n) is 13.0. The summed E-state index contributed by atoms with van der Waals surface area (Å²) < 4.78 is 40.5. The van der Waals surface area contributed by atoms with E-state index in [1.807, 2.05) is 16.7 Å². The van der Waals surface area contributed by atoms with E-state index in [9.17, 15) is 18.0 Å². The van der Waals surface area contributed by atoms with Gasteiger partial charge in [0.25, 0.3) is 5.91 Å². The fraction of sp³-hybridized carbons (Fsp3) is 0.481. The van der Waals surface area contributed by atoms with Crippen molar-refractivity contribution in [2.24, 2.45) is 0 Å². The second-order valence-electron chi connectivity index (χ2n) is 10.1. The first-order chi connectivity index (χ1) is 18.3. The van der Waals surface area contributed by atoms with Crippen molar-refractivity contribution in [2.45, 2.75) is 44.6 Å². The molecule has 0 radical (unpaired) electrons. The largest absolute Gasteiger partial charge is 0.472 e. The molecule has 2 aromatic heterocycles. The minimum atomic E-state index is -3.96. The zero-order chi connectivity index (χ0) is 26.9. The molecule has 3 aromatic rings. The van der Waals surface area contributed by atoms with E-state index >= 15 is 0 Å².